The van der Waals surface area contributed by atoms with Gasteiger partial charge in [0.1, 0.15) is 35.2 Å². The Balaban J connectivity index is 1.44. The molecular weight excluding hydrogens is 549 g/mol. The van der Waals surface area contributed by atoms with Gasteiger partial charge in [0.25, 0.3) is 17.5 Å². The lowest BCUT2D eigenvalue weighted by Gasteiger charge is -2.29. The molecule has 41 heavy (non-hydrogen) atoms. The van der Waals surface area contributed by atoms with E-state index in [9.17, 15) is 24.1 Å². The number of non-ortho nitro benzene ring substituents is 1. The van der Waals surface area contributed by atoms with Gasteiger partial charge in [-0.15, -0.1) is 0 Å². The Labute approximate surface area is 238 Å². The summed E-state index contributed by atoms with van der Waals surface area (Å²) in [5, 5.41) is 13.8. The number of halogens is 1. The number of nitro groups is 1. The van der Waals surface area contributed by atoms with Crippen molar-refractivity contribution >= 4 is 46.6 Å². The van der Waals surface area contributed by atoms with Gasteiger partial charge in [0.05, 0.1) is 10.6 Å². The lowest BCUT2D eigenvalue weighted by Crippen LogP contribution is -2.54. The minimum Gasteiger partial charge on any atom is -0.488 e. The second-order valence-corrected chi connectivity index (χ2v) is 9.15. The standard InChI is InChI=1S/C30H20FN3O6S/c31-21-6-4-5-19(15-21)18-39-27-14-11-23(34(37)38)16-20(27)17-26-28(35)32-30(41)33(29(26)36)22-9-12-25(13-10-22)40-24-7-2-1-3-8-24/h1-17H,18H2,(H,32,35,41)/b26-17+. The highest BCUT2D eigenvalue weighted by atomic mass is 32.1. The lowest BCUT2D eigenvalue weighted by atomic mass is 10.1. The molecule has 0 unspecified atom stereocenters. The molecular formula is C30H20FN3O6S. The molecule has 1 heterocycles. The third kappa shape index (κ3) is 6.26. The van der Waals surface area contributed by atoms with Crippen molar-refractivity contribution in [2.75, 3.05) is 4.90 Å². The molecule has 1 aliphatic rings. The summed E-state index contributed by atoms with van der Waals surface area (Å²) in [7, 11) is 0. The molecule has 11 heteroatoms. The zero-order valence-corrected chi connectivity index (χ0v) is 22.0. The Hall–Kier alpha value is -5.42. The van der Waals surface area contributed by atoms with Gasteiger partial charge >= 0.3 is 0 Å². The van der Waals surface area contributed by atoms with E-state index < -0.39 is 22.6 Å². The van der Waals surface area contributed by atoms with Crippen LogP contribution in [-0.2, 0) is 16.2 Å². The summed E-state index contributed by atoms with van der Waals surface area (Å²) < 4.78 is 25.2. The van der Waals surface area contributed by atoms with Crippen LogP contribution >= 0.6 is 12.2 Å². The van der Waals surface area contributed by atoms with Gasteiger partial charge in [-0.25, -0.2) is 4.39 Å². The number of amides is 2. The number of ether oxygens (including phenoxy) is 2. The maximum absolute atomic E-state index is 13.6. The number of para-hydroxylation sites is 1. The first-order chi connectivity index (χ1) is 19.8. The lowest BCUT2D eigenvalue weighted by molar-refractivity contribution is -0.384. The van der Waals surface area contributed by atoms with Crippen molar-refractivity contribution in [1.82, 2.24) is 5.32 Å². The van der Waals surface area contributed by atoms with Crippen LogP contribution in [0.5, 0.6) is 17.2 Å². The molecule has 0 aromatic heterocycles. The molecule has 0 saturated carbocycles. The van der Waals surface area contributed by atoms with Crippen LogP contribution in [0, 0.1) is 15.9 Å². The number of hydrogen-bond donors (Lipinski definition) is 1. The third-order valence-electron chi connectivity index (χ3n) is 5.96. The Morgan fingerprint density at radius 3 is 2.37 bits per heavy atom. The minimum absolute atomic E-state index is 0.0561. The van der Waals surface area contributed by atoms with Gasteiger partial charge in [0, 0.05) is 17.7 Å². The van der Waals surface area contributed by atoms with Crippen LogP contribution in [0.2, 0.25) is 0 Å². The average Bonchev–Trinajstić information content (AvgIpc) is 2.96. The molecule has 1 saturated heterocycles. The van der Waals surface area contributed by atoms with Gasteiger partial charge in [-0.05, 0) is 78.5 Å². The summed E-state index contributed by atoms with van der Waals surface area (Å²) in [6.07, 6.45) is 1.20. The van der Waals surface area contributed by atoms with E-state index in [1.54, 1.807) is 42.5 Å². The largest absolute Gasteiger partial charge is 0.488 e. The summed E-state index contributed by atoms with van der Waals surface area (Å²) in [5.41, 5.74) is 0.394. The molecule has 5 rings (SSSR count). The summed E-state index contributed by atoms with van der Waals surface area (Å²) in [6, 6.07) is 25.2. The van der Waals surface area contributed by atoms with E-state index in [-0.39, 0.29) is 34.3 Å². The topological polar surface area (TPSA) is 111 Å². The second-order valence-electron chi connectivity index (χ2n) is 8.76. The molecule has 9 nitrogen and oxygen atoms in total. The summed E-state index contributed by atoms with van der Waals surface area (Å²) in [4.78, 5) is 38.4. The van der Waals surface area contributed by atoms with E-state index in [0.717, 1.165) is 4.90 Å². The predicted molar refractivity (Wildman–Crippen MR) is 153 cm³/mol. The molecule has 4 aromatic rings. The van der Waals surface area contributed by atoms with Crippen molar-refractivity contribution in [3.63, 3.8) is 0 Å². The Morgan fingerprint density at radius 2 is 1.66 bits per heavy atom. The van der Waals surface area contributed by atoms with Crippen molar-refractivity contribution in [3.05, 3.63) is 130 Å². The summed E-state index contributed by atoms with van der Waals surface area (Å²) in [6.45, 7) is -0.0561. The first-order valence-corrected chi connectivity index (χ1v) is 12.6. The fraction of sp³-hybridized carbons (Fsp3) is 0.0333. The predicted octanol–water partition coefficient (Wildman–Crippen LogP) is 5.94. The van der Waals surface area contributed by atoms with Crippen LogP contribution in [0.4, 0.5) is 15.8 Å². The van der Waals surface area contributed by atoms with Crippen LogP contribution in [-0.4, -0.2) is 21.9 Å². The molecule has 1 N–H and O–H groups in total. The highest BCUT2D eigenvalue weighted by molar-refractivity contribution is 7.80. The van der Waals surface area contributed by atoms with Crippen molar-refractivity contribution < 1.29 is 28.4 Å². The molecule has 0 aliphatic carbocycles. The second kappa shape index (κ2) is 11.8. The van der Waals surface area contributed by atoms with E-state index in [4.69, 9.17) is 21.7 Å². The van der Waals surface area contributed by atoms with Crippen molar-refractivity contribution in [1.29, 1.82) is 0 Å². The SMILES string of the molecule is O=C1NC(=S)N(c2ccc(Oc3ccccc3)cc2)C(=O)/C1=C/c1cc([N+](=O)[O-])ccc1OCc1cccc(F)c1. The van der Waals surface area contributed by atoms with E-state index >= 15 is 0 Å². The van der Waals surface area contributed by atoms with Gasteiger partial charge in [-0.3, -0.25) is 29.9 Å². The average molecular weight is 570 g/mol. The van der Waals surface area contributed by atoms with Crippen molar-refractivity contribution in [2.24, 2.45) is 0 Å². The first-order valence-electron chi connectivity index (χ1n) is 12.2. The van der Waals surface area contributed by atoms with Crippen molar-refractivity contribution in [2.45, 2.75) is 6.61 Å². The van der Waals surface area contributed by atoms with E-state index in [0.29, 0.717) is 22.7 Å². The Kier molecular flexibility index (Phi) is 7.79. The fourth-order valence-electron chi connectivity index (χ4n) is 4.02. The van der Waals surface area contributed by atoms with Crippen LogP contribution in [0.3, 0.4) is 0 Å². The monoisotopic (exact) mass is 569 g/mol. The minimum atomic E-state index is -0.775. The molecule has 4 aromatic carbocycles. The Bertz CT molecular complexity index is 1690. The third-order valence-corrected chi connectivity index (χ3v) is 6.25. The number of nitrogens with one attached hydrogen (secondary N) is 1. The molecule has 0 atom stereocenters. The first kappa shape index (κ1) is 27.2. The molecule has 1 fully saturated rings. The smallest absolute Gasteiger partial charge is 0.270 e. The number of thiocarbonyl (C=S) groups is 1. The van der Waals surface area contributed by atoms with E-state index in [2.05, 4.69) is 5.32 Å². The quantitative estimate of drug-likeness (QED) is 0.0920. The number of rotatable bonds is 8. The van der Waals surface area contributed by atoms with Crippen LogP contribution < -0.4 is 19.7 Å². The summed E-state index contributed by atoms with van der Waals surface area (Å²) >= 11 is 5.28. The maximum atomic E-state index is 13.6. The summed E-state index contributed by atoms with van der Waals surface area (Å²) in [5.74, 6) is -0.658. The number of nitro benzene ring substituents is 1. The molecule has 0 radical (unpaired) electrons. The zero-order chi connectivity index (χ0) is 28.9. The van der Waals surface area contributed by atoms with Crippen LogP contribution in [0.1, 0.15) is 11.1 Å². The van der Waals surface area contributed by atoms with Crippen LogP contribution in [0.25, 0.3) is 6.08 Å². The van der Waals surface area contributed by atoms with Crippen LogP contribution in [0.15, 0.2) is 103 Å². The van der Waals surface area contributed by atoms with Gasteiger partial charge in [0.15, 0.2) is 5.11 Å². The van der Waals surface area contributed by atoms with Gasteiger partial charge < -0.3 is 9.47 Å². The normalized spacial score (nSPS) is 14.1. The van der Waals surface area contributed by atoms with Gasteiger partial charge in [-0.1, -0.05) is 30.3 Å². The fourth-order valence-corrected chi connectivity index (χ4v) is 4.30. The number of carbonyl (C=O) groups is 2. The number of carbonyl (C=O) groups excluding carboxylic acids is 2. The van der Waals surface area contributed by atoms with Gasteiger partial charge in [0.2, 0.25) is 0 Å². The number of anilines is 1. The molecule has 204 valence electrons. The Morgan fingerprint density at radius 1 is 0.927 bits per heavy atom. The van der Waals surface area contributed by atoms with E-state index in [1.165, 1.54) is 42.5 Å². The molecule has 2 amide bonds. The van der Waals surface area contributed by atoms with Gasteiger partial charge in [-0.2, -0.15) is 0 Å². The molecule has 0 bridgehead atoms. The number of hydrogen-bond acceptors (Lipinski definition) is 7. The highest BCUT2D eigenvalue weighted by Crippen LogP contribution is 2.30. The molecule has 1 aliphatic heterocycles. The number of benzene rings is 4. The zero-order valence-electron chi connectivity index (χ0n) is 21.2. The number of nitrogens with zero attached hydrogens (tertiary/aromatic N) is 2. The van der Waals surface area contributed by atoms with Crippen molar-refractivity contribution in [3.8, 4) is 17.2 Å². The highest BCUT2D eigenvalue weighted by Gasteiger charge is 2.35. The molecule has 0 spiro atoms. The maximum Gasteiger partial charge on any atom is 0.270 e. The van der Waals surface area contributed by atoms with E-state index in [1.807, 2.05) is 18.2 Å².